The lowest BCUT2D eigenvalue weighted by atomic mass is 10.1. The Balaban J connectivity index is 1.94. The lowest BCUT2D eigenvalue weighted by Gasteiger charge is -2.16. The lowest BCUT2D eigenvalue weighted by molar-refractivity contribution is -0.129. The molecule has 2 aromatic carbocycles. The average Bonchev–Trinajstić information content (AvgIpc) is 2.62. The van der Waals surface area contributed by atoms with Gasteiger partial charge >= 0.3 is 0 Å². The number of hydrogen-bond acceptors (Lipinski definition) is 2. The van der Waals surface area contributed by atoms with Crippen molar-refractivity contribution in [2.45, 2.75) is 13.3 Å². The first kappa shape index (κ1) is 19.7. The summed E-state index contributed by atoms with van der Waals surface area (Å²) in [6.45, 7) is 1.93. The van der Waals surface area contributed by atoms with Gasteiger partial charge in [0.1, 0.15) is 5.82 Å². The molecule has 0 saturated carbocycles. The Hall–Kier alpha value is -2.66. The first-order valence-electron chi connectivity index (χ1n) is 8.16. The van der Waals surface area contributed by atoms with E-state index in [1.165, 1.54) is 42.3 Å². The molecule has 0 aliphatic heterocycles. The number of para-hydroxylation sites is 1. The standard InChI is InChI=1S/C20H20ClFN2O2/c1-3-15-6-4-5-7-18(15)23-19(25)13-24(2)20(26)11-9-14-8-10-17(22)16(21)12-14/h4-12H,3,13H2,1-2H3,(H,23,25)/b11-9+. The van der Waals surface area contributed by atoms with E-state index in [0.29, 0.717) is 5.56 Å². The van der Waals surface area contributed by atoms with Crippen LogP contribution in [0.1, 0.15) is 18.1 Å². The SMILES string of the molecule is CCc1ccccc1NC(=O)CN(C)C(=O)/C=C/c1ccc(F)c(Cl)c1. The fourth-order valence-electron chi connectivity index (χ4n) is 2.34. The van der Waals surface area contributed by atoms with Gasteiger partial charge in [-0.25, -0.2) is 4.39 Å². The van der Waals surface area contributed by atoms with Crippen LogP contribution in [-0.2, 0) is 16.0 Å². The van der Waals surface area contributed by atoms with Crippen molar-refractivity contribution < 1.29 is 14.0 Å². The molecular weight excluding hydrogens is 355 g/mol. The van der Waals surface area contributed by atoms with Crippen LogP contribution in [0, 0.1) is 5.82 Å². The number of hydrogen-bond donors (Lipinski definition) is 1. The predicted octanol–water partition coefficient (Wildman–Crippen LogP) is 4.15. The van der Waals surface area contributed by atoms with Crippen LogP contribution in [0.15, 0.2) is 48.5 Å². The van der Waals surface area contributed by atoms with E-state index >= 15 is 0 Å². The fraction of sp³-hybridized carbons (Fsp3) is 0.200. The average molecular weight is 375 g/mol. The van der Waals surface area contributed by atoms with Crippen LogP contribution in [0.4, 0.5) is 10.1 Å². The summed E-state index contributed by atoms with van der Waals surface area (Å²) in [5, 5.41) is 2.81. The molecule has 0 radical (unpaired) electrons. The van der Waals surface area contributed by atoms with Crippen molar-refractivity contribution in [3.05, 3.63) is 70.5 Å². The van der Waals surface area contributed by atoms with Gasteiger partial charge in [0.2, 0.25) is 11.8 Å². The molecule has 26 heavy (non-hydrogen) atoms. The van der Waals surface area contributed by atoms with Crippen molar-refractivity contribution in [1.29, 1.82) is 0 Å². The molecule has 0 heterocycles. The molecule has 0 aliphatic rings. The number of carbonyl (C=O) groups excluding carboxylic acids is 2. The van der Waals surface area contributed by atoms with Crippen LogP contribution in [0.5, 0.6) is 0 Å². The van der Waals surface area contributed by atoms with Crippen molar-refractivity contribution >= 4 is 35.2 Å². The van der Waals surface area contributed by atoms with Gasteiger partial charge in [-0.05, 0) is 41.8 Å². The topological polar surface area (TPSA) is 49.4 Å². The third-order valence-corrected chi connectivity index (χ3v) is 4.08. The van der Waals surface area contributed by atoms with Crippen LogP contribution < -0.4 is 5.32 Å². The molecule has 2 amide bonds. The summed E-state index contributed by atoms with van der Waals surface area (Å²) in [6, 6.07) is 11.7. The number of nitrogens with one attached hydrogen (secondary N) is 1. The van der Waals surface area contributed by atoms with Gasteiger partial charge in [-0.1, -0.05) is 42.8 Å². The van der Waals surface area contributed by atoms with Gasteiger partial charge in [-0.3, -0.25) is 9.59 Å². The van der Waals surface area contributed by atoms with Crippen molar-refractivity contribution in [2.24, 2.45) is 0 Å². The van der Waals surface area contributed by atoms with Crippen molar-refractivity contribution in [3.63, 3.8) is 0 Å². The molecule has 1 N–H and O–H groups in total. The largest absolute Gasteiger partial charge is 0.333 e. The molecule has 136 valence electrons. The van der Waals surface area contributed by atoms with Crippen molar-refractivity contribution in [2.75, 3.05) is 18.9 Å². The number of amides is 2. The zero-order chi connectivity index (χ0) is 19.1. The van der Waals surface area contributed by atoms with E-state index < -0.39 is 5.82 Å². The molecule has 6 heteroatoms. The smallest absolute Gasteiger partial charge is 0.246 e. The summed E-state index contributed by atoms with van der Waals surface area (Å²) >= 11 is 5.71. The Kier molecular flexibility index (Phi) is 6.92. The molecule has 0 spiro atoms. The van der Waals surface area contributed by atoms with Gasteiger partial charge in [-0.2, -0.15) is 0 Å². The highest BCUT2D eigenvalue weighted by atomic mass is 35.5. The Morgan fingerprint density at radius 1 is 1.23 bits per heavy atom. The van der Waals surface area contributed by atoms with Gasteiger partial charge in [0.15, 0.2) is 0 Å². The van der Waals surface area contributed by atoms with Gasteiger partial charge in [0, 0.05) is 18.8 Å². The van der Waals surface area contributed by atoms with E-state index in [4.69, 9.17) is 11.6 Å². The second kappa shape index (κ2) is 9.15. The molecule has 0 saturated heterocycles. The van der Waals surface area contributed by atoms with E-state index in [1.807, 2.05) is 31.2 Å². The van der Waals surface area contributed by atoms with E-state index in [1.54, 1.807) is 0 Å². The maximum absolute atomic E-state index is 13.1. The molecule has 2 aromatic rings. The lowest BCUT2D eigenvalue weighted by Crippen LogP contribution is -2.34. The summed E-state index contributed by atoms with van der Waals surface area (Å²) in [6.07, 6.45) is 3.64. The van der Waals surface area contributed by atoms with Crippen LogP contribution in [0.25, 0.3) is 6.08 Å². The second-order valence-electron chi connectivity index (χ2n) is 5.76. The Morgan fingerprint density at radius 3 is 2.65 bits per heavy atom. The Morgan fingerprint density at radius 2 is 1.96 bits per heavy atom. The zero-order valence-corrected chi connectivity index (χ0v) is 15.4. The molecule has 4 nitrogen and oxygen atoms in total. The quantitative estimate of drug-likeness (QED) is 0.772. The summed E-state index contributed by atoms with van der Waals surface area (Å²) in [4.78, 5) is 25.6. The monoisotopic (exact) mass is 374 g/mol. The first-order valence-corrected chi connectivity index (χ1v) is 8.54. The molecule has 2 rings (SSSR count). The fourth-order valence-corrected chi connectivity index (χ4v) is 2.53. The number of rotatable bonds is 6. The van der Waals surface area contributed by atoms with Crippen LogP contribution in [0.2, 0.25) is 5.02 Å². The minimum absolute atomic E-state index is 0.0121. The van der Waals surface area contributed by atoms with Crippen LogP contribution in [-0.4, -0.2) is 30.3 Å². The second-order valence-corrected chi connectivity index (χ2v) is 6.17. The first-order chi connectivity index (χ1) is 12.4. The van der Waals surface area contributed by atoms with Gasteiger partial charge in [0.05, 0.1) is 11.6 Å². The summed E-state index contributed by atoms with van der Waals surface area (Å²) < 4.78 is 13.1. The normalized spacial score (nSPS) is 10.8. The van der Waals surface area contributed by atoms with Gasteiger partial charge in [0.25, 0.3) is 0 Å². The van der Waals surface area contributed by atoms with Gasteiger partial charge < -0.3 is 10.2 Å². The van der Waals surface area contributed by atoms with Crippen molar-refractivity contribution in [3.8, 4) is 0 Å². The van der Waals surface area contributed by atoms with E-state index in [0.717, 1.165) is 17.7 Å². The number of aryl methyl sites for hydroxylation is 1. The van der Waals surface area contributed by atoms with Crippen LogP contribution in [0.3, 0.4) is 0 Å². The molecule has 0 fully saturated rings. The van der Waals surface area contributed by atoms with Crippen LogP contribution >= 0.6 is 11.6 Å². The van der Waals surface area contributed by atoms with E-state index in [2.05, 4.69) is 5.32 Å². The number of nitrogens with zero attached hydrogens (tertiary/aromatic N) is 1. The number of carbonyl (C=O) groups is 2. The van der Waals surface area contributed by atoms with E-state index in [-0.39, 0.29) is 23.4 Å². The highest BCUT2D eigenvalue weighted by molar-refractivity contribution is 6.30. The summed E-state index contributed by atoms with van der Waals surface area (Å²) in [5.41, 5.74) is 2.37. The number of benzene rings is 2. The maximum Gasteiger partial charge on any atom is 0.246 e. The predicted molar refractivity (Wildman–Crippen MR) is 103 cm³/mol. The molecule has 0 unspecified atom stereocenters. The number of anilines is 1. The highest BCUT2D eigenvalue weighted by Gasteiger charge is 2.12. The Labute approximate surface area is 157 Å². The number of likely N-dealkylation sites (N-methyl/N-ethyl adjacent to an activating group) is 1. The highest BCUT2D eigenvalue weighted by Crippen LogP contribution is 2.17. The molecular formula is C20H20ClFN2O2. The van der Waals surface area contributed by atoms with Gasteiger partial charge in [-0.15, -0.1) is 0 Å². The maximum atomic E-state index is 13.1. The Bertz CT molecular complexity index is 836. The number of halogens is 2. The third kappa shape index (κ3) is 5.43. The minimum Gasteiger partial charge on any atom is -0.333 e. The van der Waals surface area contributed by atoms with E-state index in [9.17, 15) is 14.0 Å². The summed E-state index contributed by atoms with van der Waals surface area (Å²) in [5.74, 6) is -1.14. The molecule has 0 atom stereocenters. The molecule has 0 bridgehead atoms. The molecule has 0 aromatic heterocycles. The van der Waals surface area contributed by atoms with Crippen molar-refractivity contribution in [1.82, 2.24) is 4.90 Å². The summed E-state index contributed by atoms with van der Waals surface area (Å²) in [7, 11) is 1.54. The molecule has 0 aliphatic carbocycles. The minimum atomic E-state index is -0.517. The third-order valence-electron chi connectivity index (χ3n) is 3.79. The zero-order valence-electron chi connectivity index (χ0n) is 14.6.